The minimum absolute atomic E-state index is 0.0511. The molecule has 0 aliphatic rings. The van der Waals surface area contributed by atoms with Gasteiger partial charge < -0.3 is 4.57 Å². The summed E-state index contributed by atoms with van der Waals surface area (Å²) in [4.78, 5) is 5.23. The van der Waals surface area contributed by atoms with E-state index in [-0.39, 0.29) is 21.7 Å². The van der Waals surface area contributed by atoms with E-state index in [1.165, 1.54) is 38.9 Å². The molecule has 0 N–H and O–H groups in total. The van der Waals surface area contributed by atoms with Crippen LogP contribution in [0.25, 0.3) is 22.4 Å². The largest absolute Gasteiger partial charge is 0.319 e. The zero-order valence-electron chi connectivity index (χ0n) is 25.9. The molecule has 1 aromatic heterocycles. The molecular weight excluding hydrogens is 460 g/mol. The van der Waals surface area contributed by atoms with Crippen LogP contribution in [0.15, 0.2) is 60.7 Å². The topological polar surface area (TPSA) is 17.8 Å². The average molecular weight is 509 g/mol. The molecule has 2 nitrogen and oxygen atoms in total. The molecule has 38 heavy (non-hydrogen) atoms. The van der Waals surface area contributed by atoms with Crippen LogP contribution < -0.4 is 0 Å². The maximum atomic E-state index is 5.23. The van der Waals surface area contributed by atoms with Crippen molar-refractivity contribution in [2.45, 2.75) is 111 Å². The fourth-order valence-corrected chi connectivity index (χ4v) is 4.91. The molecule has 0 unspecified atom stereocenters. The highest BCUT2D eigenvalue weighted by Crippen LogP contribution is 2.36. The van der Waals surface area contributed by atoms with Gasteiger partial charge in [-0.1, -0.05) is 119 Å². The van der Waals surface area contributed by atoms with E-state index in [0.717, 1.165) is 17.9 Å². The fraction of sp³-hybridized carbons (Fsp3) is 0.472. The van der Waals surface area contributed by atoms with Crippen LogP contribution in [0.1, 0.15) is 111 Å². The number of aromatic nitrogens is 2. The van der Waals surface area contributed by atoms with Crippen molar-refractivity contribution in [3.05, 3.63) is 88.5 Å². The van der Waals surface area contributed by atoms with Gasteiger partial charge in [0.05, 0.1) is 11.0 Å². The van der Waals surface area contributed by atoms with E-state index in [1.54, 1.807) is 0 Å². The monoisotopic (exact) mass is 508 g/mol. The lowest BCUT2D eigenvalue weighted by Crippen LogP contribution is -2.18. The first-order valence-corrected chi connectivity index (χ1v) is 14.1. The molecule has 4 rings (SSSR count). The predicted octanol–water partition coefficient (Wildman–Crippen LogP) is 9.94. The van der Waals surface area contributed by atoms with Gasteiger partial charge in [-0.05, 0) is 73.7 Å². The summed E-state index contributed by atoms with van der Waals surface area (Å²) in [5.41, 5.74) is 10.5. The Labute approximate surface area is 231 Å². The Morgan fingerprint density at radius 3 is 1.42 bits per heavy atom. The lowest BCUT2D eigenvalue weighted by atomic mass is 9.79. The van der Waals surface area contributed by atoms with Gasteiger partial charge in [0.1, 0.15) is 5.82 Å². The van der Waals surface area contributed by atoms with E-state index in [2.05, 4.69) is 148 Å². The van der Waals surface area contributed by atoms with E-state index in [1.807, 2.05) is 0 Å². The van der Waals surface area contributed by atoms with Crippen LogP contribution in [-0.4, -0.2) is 9.55 Å². The van der Waals surface area contributed by atoms with E-state index in [0.29, 0.717) is 0 Å². The summed E-state index contributed by atoms with van der Waals surface area (Å²) in [5, 5.41) is 0. The number of para-hydroxylation sites is 2. The van der Waals surface area contributed by atoms with Gasteiger partial charge in [0.2, 0.25) is 0 Å². The molecule has 0 spiro atoms. The molecule has 0 fully saturated rings. The Bertz CT molecular complexity index is 1390. The average Bonchev–Trinajstić information content (AvgIpc) is 3.15. The van der Waals surface area contributed by atoms with Gasteiger partial charge in [-0.2, -0.15) is 0 Å². The van der Waals surface area contributed by atoms with Crippen LogP contribution in [-0.2, 0) is 28.2 Å². The zero-order valence-corrected chi connectivity index (χ0v) is 25.9. The lowest BCUT2D eigenvalue weighted by Gasteiger charge is -2.27. The van der Waals surface area contributed by atoms with Gasteiger partial charge in [0.15, 0.2) is 0 Å². The van der Waals surface area contributed by atoms with Crippen LogP contribution in [0.3, 0.4) is 0 Å². The first-order chi connectivity index (χ1) is 17.3. The van der Waals surface area contributed by atoms with E-state index >= 15 is 0 Å². The summed E-state index contributed by atoms with van der Waals surface area (Å²) >= 11 is 0. The summed E-state index contributed by atoms with van der Waals surface area (Å²) in [6, 6.07) is 22.9. The van der Waals surface area contributed by atoms with Crippen LogP contribution in [0.2, 0.25) is 0 Å². The number of hydrogen-bond acceptors (Lipinski definition) is 1. The summed E-state index contributed by atoms with van der Waals surface area (Å²) in [7, 11) is 0. The third kappa shape index (κ3) is 5.90. The standard InChI is InChI=1S/C36H48N2/c1-33(2,3)26-17-24(18-27(21-26)34(4,5)6)23-38-31-16-14-13-15-30(31)37-32(38)25-19-28(35(7,8)9)22-29(20-25)36(10,11)12/h13-22H,23H2,1-12H3. The van der Waals surface area contributed by atoms with Gasteiger partial charge in [0.25, 0.3) is 0 Å². The quantitative estimate of drug-likeness (QED) is 0.269. The van der Waals surface area contributed by atoms with Crippen molar-refractivity contribution >= 4 is 11.0 Å². The van der Waals surface area contributed by atoms with Crippen molar-refractivity contribution in [2.24, 2.45) is 0 Å². The van der Waals surface area contributed by atoms with E-state index in [4.69, 9.17) is 4.98 Å². The first-order valence-electron chi connectivity index (χ1n) is 14.1. The lowest BCUT2D eigenvalue weighted by molar-refractivity contribution is 0.566. The molecule has 0 bridgehead atoms. The molecule has 0 radical (unpaired) electrons. The molecule has 202 valence electrons. The molecule has 0 saturated carbocycles. The number of fused-ring (bicyclic) bond motifs is 1. The van der Waals surface area contributed by atoms with Crippen molar-refractivity contribution in [3.8, 4) is 11.4 Å². The highest BCUT2D eigenvalue weighted by Gasteiger charge is 2.24. The molecule has 0 amide bonds. The van der Waals surface area contributed by atoms with Crippen molar-refractivity contribution in [3.63, 3.8) is 0 Å². The molecule has 4 aromatic rings. The second-order valence-corrected chi connectivity index (χ2v) is 15.2. The van der Waals surface area contributed by atoms with Crippen LogP contribution >= 0.6 is 0 Å². The zero-order chi connectivity index (χ0) is 28.3. The first kappa shape index (κ1) is 28.1. The maximum absolute atomic E-state index is 5.23. The van der Waals surface area contributed by atoms with Crippen molar-refractivity contribution in [2.75, 3.05) is 0 Å². The highest BCUT2D eigenvalue weighted by molar-refractivity contribution is 5.81. The van der Waals surface area contributed by atoms with Crippen LogP contribution in [0, 0.1) is 0 Å². The molecule has 1 heterocycles. The normalized spacial score (nSPS) is 13.4. The molecule has 3 aromatic carbocycles. The number of benzene rings is 3. The fourth-order valence-electron chi connectivity index (χ4n) is 4.91. The summed E-state index contributed by atoms with van der Waals surface area (Å²) in [6.45, 7) is 28.4. The summed E-state index contributed by atoms with van der Waals surface area (Å²) < 4.78 is 2.43. The second-order valence-electron chi connectivity index (χ2n) is 15.2. The maximum Gasteiger partial charge on any atom is 0.141 e. The Hall–Kier alpha value is -2.87. The number of rotatable bonds is 3. The van der Waals surface area contributed by atoms with Crippen LogP contribution in [0.4, 0.5) is 0 Å². The third-order valence-electron chi connectivity index (χ3n) is 7.64. The Morgan fingerprint density at radius 1 is 0.553 bits per heavy atom. The Balaban J connectivity index is 1.97. The van der Waals surface area contributed by atoms with Gasteiger partial charge in [-0.15, -0.1) is 0 Å². The van der Waals surface area contributed by atoms with Crippen molar-refractivity contribution < 1.29 is 0 Å². The molecule has 0 atom stereocenters. The van der Waals surface area contributed by atoms with Gasteiger partial charge in [-0.3, -0.25) is 0 Å². The van der Waals surface area contributed by atoms with Crippen LogP contribution in [0.5, 0.6) is 0 Å². The second kappa shape index (κ2) is 9.40. The number of hydrogen-bond donors (Lipinski definition) is 0. The minimum atomic E-state index is 0.0511. The van der Waals surface area contributed by atoms with E-state index < -0.39 is 0 Å². The van der Waals surface area contributed by atoms with E-state index in [9.17, 15) is 0 Å². The molecule has 2 heteroatoms. The summed E-state index contributed by atoms with van der Waals surface area (Å²) in [6.07, 6.45) is 0. The SMILES string of the molecule is CC(C)(C)c1cc(Cn2c(-c3cc(C(C)(C)C)cc(C(C)(C)C)c3)nc3ccccc32)cc(C(C)(C)C)c1. The minimum Gasteiger partial charge on any atom is -0.319 e. The van der Waals surface area contributed by atoms with Gasteiger partial charge in [0, 0.05) is 12.1 Å². The Morgan fingerprint density at radius 2 is 0.974 bits per heavy atom. The number of nitrogens with zero attached hydrogens (tertiary/aromatic N) is 2. The van der Waals surface area contributed by atoms with Gasteiger partial charge in [-0.25, -0.2) is 4.98 Å². The molecule has 0 aliphatic heterocycles. The Kier molecular flexibility index (Phi) is 6.96. The molecule has 0 saturated heterocycles. The predicted molar refractivity (Wildman–Crippen MR) is 166 cm³/mol. The van der Waals surface area contributed by atoms with Crippen molar-refractivity contribution in [1.29, 1.82) is 0 Å². The highest BCUT2D eigenvalue weighted by atomic mass is 15.1. The third-order valence-corrected chi connectivity index (χ3v) is 7.64. The molecule has 0 aliphatic carbocycles. The molecular formula is C36H48N2. The van der Waals surface area contributed by atoms with Gasteiger partial charge >= 0.3 is 0 Å². The van der Waals surface area contributed by atoms with Crippen molar-refractivity contribution in [1.82, 2.24) is 9.55 Å². The summed E-state index contributed by atoms with van der Waals surface area (Å²) in [5.74, 6) is 1.04. The number of imidazole rings is 1. The smallest absolute Gasteiger partial charge is 0.141 e.